The second-order valence-corrected chi connectivity index (χ2v) is 5.09. The van der Waals surface area contributed by atoms with Gasteiger partial charge in [-0.15, -0.1) is 0 Å². The van der Waals surface area contributed by atoms with Crippen molar-refractivity contribution >= 4 is 6.29 Å². The predicted octanol–water partition coefficient (Wildman–Crippen LogP) is 5.11. The number of hydrogen-bond acceptors (Lipinski definition) is 2. The number of aldehydes is 1. The fraction of sp³-hybridized carbons (Fsp3) is 0.562. The fourth-order valence-electron chi connectivity index (χ4n) is 2.09. The lowest BCUT2D eigenvalue weighted by atomic mass is 10.0. The van der Waals surface area contributed by atoms with Crippen molar-refractivity contribution in [3.8, 4) is 5.75 Å². The summed E-state index contributed by atoms with van der Waals surface area (Å²) in [6, 6.07) is 3.46. The number of ether oxygens (including phenoxy) is 1. The molecule has 0 aliphatic carbocycles. The van der Waals surface area contributed by atoms with E-state index in [0.717, 1.165) is 37.8 Å². The van der Waals surface area contributed by atoms with Gasteiger partial charge in [0.15, 0.2) is 6.29 Å². The molecule has 2 nitrogen and oxygen atoms in total. The van der Waals surface area contributed by atoms with Crippen molar-refractivity contribution in [3.05, 3.63) is 29.3 Å². The molecule has 1 atom stereocenters. The largest absolute Gasteiger partial charge is 0.493 e. The van der Waals surface area contributed by atoms with Gasteiger partial charge < -0.3 is 4.74 Å². The Kier molecular flexibility index (Phi) is 6.72. The van der Waals surface area contributed by atoms with Crippen LogP contribution in [0.15, 0.2) is 18.2 Å². The third-order valence-electron chi connectivity index (χ3n) is 3.49. The van der Waals surface area contributed by atoms with Crippen LogP contribution in [-0.4, -0.2) is 12.9 Å². The zero-order valence-corrected chi connectivity index (χ0v) is 12.4. The quantitative estimate of drug-likeness (QED) is 0.623. The highest BCUT2D eigenvalue weighted by atomic mass is 19.4. The SMILES string of the molecule is CCCCC(CC)COc1ccc(C=O)c(C(F)(F)F)c1. The maximum atomic E-state index is 12.8. The van der Waals surface area contributed by atoms with Crippen molar-refractivity contribution in [1.82, 2.24) is 0 Å². The van der Waals surface area contributed by atoms with E-state index in [2.05, 4.69) is 6.92 Å². The van der Waals surface area contributed by atoms with E-state index in [1.807, 2.05) is 6.92 Å². The maximum Gasteiger partial charge on any atom is 0.417 e. The Labute approximate surface area is 123 Å². The molecule has 0 radical (unpaired) electrons. The molecule has 1 aromatic rings. The van der Waals surface area contributed by atoms with Crippen molar-refractivity contribution in [3.63, 3.8) is 0 Å². The standard InChI is InChI=1S/C16H21F3O2/c1-3-5-6-12(4-2)11-21-14-8-7-13(10-20)15(9-14)16(17,18)19/h7-10,12H,3-6,11H2,1-2H3. The van der Waals surface area contributed by atoms with E-state index in [4.69, 9.17) is 4.74 Å². The van der Waals surface area contributed by atoms with Gasteiger partial charge in [0.25, 0.3) is 0 Å². The van der Waals surface area contributed by atoms with Crippen molar-refractivity contribution in [2.45, 2.75) is 45.7 Å². The van der Waals surface area contributed by atoms with E-state index >= 15 is 0 Å². The lowest BCUT2D eigenvalue weighted by Gasteiger charge is -2.17. The van der Waals surface area contributed by atoms with Gasteiger partial charge in [-0.25, -0.2) is 0 Å². The number of hydrogen-bond donors (Lipinski definition) is 0. The summed E-state index contributed by atoms with van der Waals surface area (Å²) in [5.41, 5.74) is -1.32. The van der Waals surface area contributed by atoms with Gasteiger partial charge in [-0.05, 0) is 30.5 Å². The van der Waals surface area contributed by atoms with Crippen molar-refractivity contribution in [2.24, 2.45) is 5.92 Å². The molecular weight excluding hydrogens is 281 g/mol. The van der Waals surface area contributed by atoms with Crippen LogP contribution in [0.5, 0.6) is 5.75 Å². The molecule has 1 aromatic carbocycles. The average molecular weight is 302 g/mol. The van der Waals surface area contributed by atoms with Crippen LogP contribution in [0.1, 0.15) is 55.5 Å². The lowest BCUT2D eigenvalue weighted by molar-refractivity contribution is -0.137. The molecule has 0 heterocycles. The second-order valence-electron chi connectivity index (χ2n) is 5.09. The number of benzene rings is 1. The first-order valence-corrected chi connectivity index (χ1v) is 7.21. The molecule has 0 fully saturated rings. The molecule has 0 N–H and O–H groups in total. The summed E-state index contributed by atoms with van der Waals surface area (Å²) in [6.07, 6.45) is -0.239. The third kappa shape index (κ3) is 5.40. The van der Waals surface area contributed by atoms with Gasteiger partial charge in [0.1, 0.15) is 5.75 Å². The van der Waals surface area contributed by atoms with Crippen LogP contribution in [0.4, 0.5) is 13.2 Å². The molecule has 0 saturated heterocycles. The Morgan fingerprint density at radius 1 is 1.29 bits per heavy atom. The molecular formula is C16H21F3O2. The van der Waals surface area contributed by atoms with Crippen LogP contribution in [0.2, 0.25) is 0 Å². The van der Waals surface area contributed by atoms with Gasteiger partial charge >= 0.3 is 6.18 Å². The van der Waals surface area contributed by atoms with Crippen LogP contribution in [0, 0.1) is 5.92 Å². The number of carbonyl (C=O) groups is 1. The summed E-state index contributed by atoms with van der Waals surface area (Å²) in [5.74, 6) is 0.493. The van der Waals surface area contributed by atoms with Gasteiger partial charge in [0.05, 0.1) is 12.2 Å². The Hall–Kier alpha value is -1.52. The summed E-state index contributed by atoms with van der Waals surface area (Å²) in [7, 11) is 0. The molecule has 1 rings (SSSR count). The summed E-state index contributed by atoms with van der Waals surface area (Å²) >= 11 is 0. The molecule has 0 amide bonds. The minimum Gasteiger partial charge on any atom is -0.493 e. The van der Waals surface area contributed by atoms with Crippen molar-refractivity contribution < 1.29 is 22.7 Å². The third-order valence-corrected chi connectivity index (χ3v) is 3.49. The molecule has 0 aromatic heterocycles. The first kappa shape index (κ1) is 17.5. The molecule has 0 spiro atoms. The summed E-state index contributed by atoms with van der Waals surface area (Å²) < 4.78 is 44.0. The van der Waals surface area contributed by atoms with Crippen LogP contribution < -0.4 is 4.74 Å². The van der Waals surface area contributed by atoms with Crippen LogP contribution in [-0.2, 0) is 6.18 Å². The van der Waals surface area contributed by atoms with E-state index in [0.29, 0.717) is 12.5 Å². The van der Waals surface area contributed by atoms with Crippen molar-refractivity contribution in [1.29, 1.82) is 0 Å². The highest BCUT2D eigenvalue weighted by Crippen LogP contribution is 2.34. The summed E-state index contributed by atoms with van der Waals surface area (Å²) in [4.78, 5) is 10.7. The zero-order valence-electron chi connectivity index (χ0n) is 12.4. The molecule has 0 aliphatic rings. The van der Waals surface area contributed by atoms with Crippen molar-refractivity contribution in [2.75, 3.05) is 6.61 Å². The molecule has 5 heteroatoms. The van der Waals surface area contributed by atoms with E-state index in [1.54, 1.807) is 0 Å². The zero-order chi connectivity index (χ0) is 15.9. The molecule has 0 bridgehead atoms. The molecule has 1 unspecified atom stereocenters. The summed E-state index contributed by atoms with van der Waals surface area (Å²) in [6.45, 7) is 4.54. The van der Waals surface area contributed by atoms with Gasteiger partial charge in [-0.3, -0.25) is 4.79 Å². The van der Waals surface area contributed by atoms with E-state index in [1.165, 1.54) is 6.07 Å². The topological polar surface area (TPSA) is 26.3 Å². The smallest absolute Gasteiger partial charge is 0.417 e. The average Bonchev–Trinajstić information content (AvgIpc) is 2.46. The van der Waals surface area contributed by atoms with Gasteiger partial charge in [-0.2, -0.15) is 13.2 Å². The lowest BCUT2D eigenvalue weighted by Crippen LogP contribution is -2.13. The van der Waals surface area contributed by atoms with E-state index in [9.17, 15) is 18.0 Å². The number of alkyl halides is 3. The number of halogens is 3. The fourth-order valence-corrected chi connectivity index (χ4v) is 2.09. The van der Waals surface area contributed by atoms with Gasteiger partial charge in [0, 0.05) is 5.56 Å². The predicted molar refractivity (Wildman–Crippen MR) is 75.6 cm³/mol. The van der Waals surface area contributed by atoms with Gasteiger partial charge in [-0.1, -0.05) is 33.1 Å². The number of rotatable bonds is 8. The Bertz CT molecular complexity index is 455. The molecule has 118 valence electrons. The van der Waals surface area contributed by atoms with E-state index < -0.39 is 11.7 Å². The number of unbranched alkanes of at least 4 members (excludes halogenated alkanes) is 1. The minimum atomic E-state index is -4.55. The van der Waals surface area contributed by atoms with Crippen LogP contribution in [0.25, 0.3) is 0 Å². The number of carbonyl (C=O) groups excluding carboxylic acids is 1. The Balaban J connectivity index is 2.78. The highest BCUT2D eigenvalue weighted by molar-refractivity contribution is 5.78. The molecule has 21 heavy (non-hydrogen) atoms. The van der Waals surface area contributed by atoms with Crippen LogP contribution >= 0.6 is 0 Å². The Morgan fingerprint density at radius 3 is 2.52 bits per heavy atom. The second kappa shape index (κ2) is 8.05. The van der Waals surface area contributed by atoms with E-state index in [-0.39, 0.29) is 17.6 Å². The van der Waals surface area contributed by atoms with Gasteiger partial charge in [0.2, 0.25) is 0 Å². The maximum absolute atomic E-state index is 12.8. The first-order valence-electron chi connectivity index (χ1n) is 7.21. The monoisotopic (exact) mass is 302 g/mol. The first-order chi connectivity index (χ1) is 9.92. The van der Waals surface area contributed by atoms with Crippen LogP contribution in [0.3, 0.4) is 0 Å². The molecule has 0 aliphatic heterocycles. The normalized spacial score (nSPS) is 13.0. The molecule has 0 saturated carbocycles. The minimum absolute atomic E-state index is 0.155. The summed E-state index contributed by atoms with van der Waals surface area (Å²) in [5, 5.41) is 0. The Morgan fingerprint density at radius 2 is 2.00 bits per heavy atom. The highest BCUT2D eigenvalue weighted by Gasteiger charge is 2.33.